The second-order valence-electron chi connectivity index (χ2n) is 5.77. The molecule has 1 aromatic carbocycles. The van der Waals surface area contributed by atoms with Gasteiger partial charge < -0.3 is 19.1 Å². The lowest BCUT2D eigenvalue weighted by Gasteiger charge is -2.19. The molecule has 1 aromatic heterocycles. The number of hydrogen-bond acceptors (Lipinski definition) is 7. The maximum atomic E-state index is 11.7. The third kappa shape index (κ3) is 3.77. The van der Waals surface area contributed by atoms with E-state index in [9.17, 15) is 9.59 Å². The lowest BCUT2D eigenvalue weighted by atomic mass is 10.2. The molecule has 0 unspecified atom stereocenters. The lowest BCUT2D eigenvalue weighted by Crippen LogP contribution is -2.26. The van der Waals surface area contributed by atoms with Crippen LogP contribution in [-0.4, -0.2) is 50.8 Å². The van der Waals surface area contributed by atoms with Crippen molar-refractivity contribution in [1.29, 1.82) is 0 Å². The fourth-order valence-corrected chi connectivity index (χ4v) is 2.92. The highest BCUT2D eigenvalue weighted by Crippen LogP contribution is 2.27. The van der Waals surface area contributed by atoms with Crippen LogP contribution in [0, 0.1) is 0 Å². The molecule has 2 heterocycles. The molecular formula is C19H20N2O5. The van der Waals surface area contributed by atoms with Crippen LogP contribution in [0.5, 0.6) is 5.75 Å². The Kier molecular flexibility index (Phi) is 5.36. The molecule has 1 aliphatic heterocycles. The van der Waals surface area contributed by atoms with Gasteiger partial charge in [0.15, 0.2) is 11.4 Å². The van der Waals surface area contributed by atoms with Gasteiger partial charge in [-0.1, -0.05) is 18.2 Å². The predicted molar refractivity (Wildman–Crippen MR) is 94.8 cm³/mol. The zero-order valence-electron chi connectivity index (χ0n) is 14.7. The Labute approximate surface area is 151 Å². The van der Waals surface area contributed by atoms with Crippen molar-refractivity contribution < 1.29 is 23.8 Å². The molecule has 7 heteroatoms. The average molecular weight is 356 g/mol. The number of benzene rings is 1. The smallest absolute Gasteiger partial charge is 0.356 e. The first kappa shape index (κ1) is 17.7. The molecule has 3 rings (SSSR count). The zero-order valence-corrected chi connectivity index (χ0v) is 14.7. The number of hydrogen-bond donors (Lipinski definition) is 0. The van der Waals surface area contributed by atoms with Gasteiger partial charge in [-0.15, -0.1) is 0 Å². The van der Waals surface area contributed by atoms with E-state index in [-0.39, 0.29) is 11.4 Å². The van der Waals surface area contributed by atoms with Crippen LogP contribution in [0.15, 0.2) is 36.4 Å². The van der Waals surface area contributed by atoms with Crippen molar-refractivity contribution in [3.63, 3.8) is 0 Å². The van der Waals surface area contributed by atoms with E-state index in [2.05, 4.69) is 31.5 Å². The summed E-state index contributed by atoms with van der Waals surface area (Å²) in [6.45, 7) is 2.04. The Hall–Kier alpha value is -3.09. The quantitative estimate of drug-likeness (QED) is 0.734. The van der Waals surface area contributed by atoms with Gasteiger partial charge in [0.25, 0.3) is 0 Å². The van der Waals surface area contributed by atoms with Gasteiger partial charge in [0.05, 0.1) is 20.8 Å². The summed E-state index contributed by atoms with van der Waals surface area (Å²) in [5, 5.41) is 0. The van der Waals surface area contributed by atoms with Crippen molar-refractivity contribution in [2.24, 2.45) is 0 Å². The van der Waals surface area contributed by atoms with E-state index in [0.717, 1.165) is 13.0 Å². The van der Waals surface area contributed by atoms with E-state index < -0.39 is 11.9 Å². The van der Waals surface area contributed by atoms with E-state index in [0.29, 0.717) is 18.9 Å². The van der Waals surface area contributed by atoms with Crippen molar-refractivity contribution in [2.75, 3.05) is 38.8 Å². The molecule has 26 heavy (non-hydrogen) atoms. The molecule has 0 atom stereocenters. The van der Waals surface area contributed by atoms with Gasteiger partial charge in [-0.05, 0) is 18.1 Å². The van der Waals surface area contributed by atoms with Gasteiger partial charge in [-0.25, -0.2) is 14.6 Å². The normalized spacial score (nSPS) is 12.5. The molecule has 0 radical (unpaired) electrons. The third-order valence-electron chi connectivity index (χ3n) is 4.20. The van der Waals surface area contributed by atoms with Crippen molar-refractivity contribution in [3.05, 3.63) is 53.3 Å². The van der Waals surface area contributed by atoms with Crippen LogP contribution in [-0.2, 0) is 15.9 Å². The van der Waals surface area contributed by atoms with Crippen LogP contribution < -0.4 is 9.64 Å². The van der Waals surface area contributed by atoms with Gasteiger partial charge in [-0.3, -0.25) is 0 Å². The van der Waals surface area contributed by atoms with Gasteiger partial charge >= 0.3 is 11.9 Å². The Morgan fingerprint density at radius 2 is 1.73 bits per heavy atom. The summed E-state index contributed by atoms with van der Waals surface area (Å²) >= 11 is 0. The minimum Gasteiger partial charge on any atom is -0.492 e. The van der Waals surface area contributed by atoms with E-state index in [1.54, 1.807) is 0 Å². The number of carbonyl (C=O) groups excluding carboxylic acids is 2. The maximum absolute atomic E-state index is 11.7. The van der Waals surface area contributed by atoms with Gasteiger partial charge in [0.1, 0.15) is 12.4 Å². The number of esters is 2. The van der Waals surface area contributed by atoms with Crippen LogP contribution in [0.25, 0.3) is 0 Å². The largest absolute Gasteiger partial charge is 0.492 e. The molecule has 0 N–H and O–H groups in total. The molecule has 0 fully saturated rings. The van der Waals surface area contributed by atoms with Crippen molar-refractivity contribution in [2.45, 2.75) is 6.42 Å². The molecule has 0 spiro atoms. The van der Waals surface area contributed by atoms with Crippen LogP contribution in [0.3, 0.4) is 0 Å². The topological polar surface area (TPSA) is 78.0 Å². The third-order valence-corrected chi connectivity index (χ3v) is 4.20. The second-order valence-corrected chi connectivity index (χ2v) is 5.77. The number of methoxy groups -OCH3 is 2. The van der Waals surface area contributed by atoms with Gasteiger partial charge in [-0.2, -0.15) is 0 Å². The summed E-state index contributed by atoms with van der Waals surface area (Å²) < 4.78 is 15.1. The van der Waals surface area contributed by atoms with Crippen LogP contribution >= 0.6 is 0 Å². The van der Waals surface area contributed by atoms with E-state index in [4.69, 9.17) is 4.74 Å². The summed E-state index contributed by atoms with van der Waals surface area (Å²) in [5.41, 5.74) is 2.54. The standard InChI is InChI=1S/C19H20N2O5/c1-24-18(22)15-11-14(12-16(20-15)19(23)25-2)26-10-9-21-8-7-13-5-3-4-6-17(13)21/h3-6,11-12H,7-10H2,1-2H3. The minimum atomic E-state index is -0.644. The van der Waals surface area contributed by atoms with Gasteiger partial charge in [0, 0.05) is 24.4 Å². The molecule has 0 saturated carbocycles. The number of rotatable bonds is 6. The fourth-order valence-electron chi connectivity index (χ4n) is 2.92. The molecular weight excluding hydrogens is 336 g/mol. The molecule has 7 nitrogen and oxygen atoms in total. The first-order valence-electron chi connectivity index (χ1n) is 8.26. The Bertz CT molecular complexity index is 787. The highest BCUT2D eigenvalue weighted by Gasteiger charge is 2.19. The first-order valence-corrected chi connectivity index (χ1v) is 8.26. The molecule has 136 valence electrons. The second kappa shape index (κ2) is 7.86. The highest BCUT2D eigenvalue weighted by molar-refractivity contribution is 5.92. The number of anilines is 1. The highest BCUT2D eigenvalue weighted by atomic mass is 16.5. The average Bonchev–Trinajstić information content (AvgIpc) is 3.09. The predicted octanol–water partition coefficient (Wildman–Crippen LogP) is 2.10. The molecule has 1 aliphatic rings. The van der Waals surface area contributed by atoms with Crippen LogP contribution in [0.4, 0.5) is 5.69 Å². The van der Waals surface area contributed by atoms with Crippen molar-refractivity contribution in [3.8, 4) is 5.75 Å². The molecule has 0 amide bonds. The SMILES string of the molecule is COC(=O)c1cc(OCCN2CCc3ccccc32)cc(C(=O)OC)n1. The number of fused-ring (bicyclic) bond motifs is 1. The van der Waals surface area contributed by atoms with E-state index >= 15 is 0 Å². The summed E-state index contributed by atoms with van der Waals surface area (Å²) in [6.07, 6.45) is 1.02. The van der Waals surface area contributed by atoms with E-state index in [1.807, 2.05) is 12.1 Å². The molecule has 0 aliphatic carbocycles. The number of pyridine rings is 1. The van der Waals surface area contributed by atoms with Crippen molar-refractivity contribution >= 4 is 17.6 Å². The Balaban J connectivity index is 1.69. The van der Waals surface area contributed by atoms with Gasteiger partial charge in [0.2, 0.25) is 0 Å². The summed E-state index contributed by atoms with van der Waals surface area (Å²) in [4.78, 5) is 29.7. The van der Waals surface area contributed by atoms with E-state index in [1.165, 1.54) is 37.6 Å². The molecule has 0 saturated heterocycles. The monoisotopic (exact) mass is 356 g/mol. The number of ether oxygens (including phenoxy) is 3. The number of carbonyl (C=O) groups is 2. The first-order chi connectivity index (χ1) is 12.6. The van der Waals surface area contributed by atoms with Crippen LogP contribution in [0.1, 0.15) is 26.5 Å². The number of aromatic nitrogens is 1. The molecule has 2 aromatic rings. The Morgan fingerprint density at radius 1 is 1.08 bits per heavy atom. The zero-order chi connectivity index (χ0) is 18.5. The minimum absolute atomic E-state index is 0.00285. The van der Waals surface area contributed by atoms with Crippen molar-refractivity contribution in [1.82, 2.24) is 4.98 Å². The summed E-state index contributed by atoms with van der Waals surface area (Å²) in [6, 6.07) is 11.2. The summed E-state index contributed by atoms with van der Waals surface area (Å²) in [5.74, 6) is -0.920. The fraction of sp³-hybridized carbons (Fsp3) is 0.316. The number of para-hydroxylation sites is 1. The van der Waals surface area contributed by atoms with Crippen LogP contribution in [0.2, 0.25) is 0 Å². The molecule has 0 bridgehead atoms. The lowest BCUT2D eigenvalue weighted by molar-refractivity contribution is 0.0584. The maximum Gasteiger partial charge on any atom is 0.356 e. The Morgan fingerprint density at radius 3 is 2.38 bits per heavy atom. The summed E-state index contributed by atoms with van der Waals surface area (Å²) in [7, 11) is 2.50. The number of nitrogens with zero attached hydrogens (tertiary/aromatic N) is 2.